The number of halogens is 1. The Kier molecular flexibility index (Phi) is 5.20. The Morgan fingerprint density at radius 2 is 2.10 bits per heavy atom. The van der Waals surface area contributed by atoms with Gasteiger partial charge in [0.15, 0.2) is 0 Å². The Morgan fingerprint density at radius 3 is 2.80 bits per heavy atom. The minimum absolute atomic E-state index is 0.00592. The largest absolute Gasteiger partial charge is 0.444 e. The first kappa shape index (κ1) is 20.3. The van der Waals surface area contributed by atoms with E-state index in [0.717, 1.165) is 29.1 Å². The number of fused-ring (bicyclic) bond motifs is 1. The van der Waals surface area contributed by atoms with Crippen molar-refractivity contribution >= 4 is 23.5 Å². The third-order valence-electron chi connectivity index (χ3n) is 5.40. The second-order valence-electron chi connectivity index (χ2n) is 8.63. The molecule has 30 heavy (non-hydrogen) atoms. The van der Waals surface area contributed by atoms with E-state index in [1.54, 1.807) is 11.1 Å². The van der Waals surface area contributed by atoms with Crippen LogP contribution in [0.5, 0.6) is 0 Å². The maximum absolute atomic E-state index is 12.5. The monoisotopic (exact) mass is 425 g/mol. The Bertz CT molecular complexity index is 1050. The van der Waals surface area contributed by atoms with Crippen molar-refractivity contribution in [1.82, 2.24) is 15.1 Å². The second-order valence-corrected chi connectivity index (χ2v) is 9.04. The van der Waals surface area contributed by atoms with Crippen molar-refractivity contribution in [1.29, 1.82) is 5.26 Å². The quantitative estimate of drug-likeness (QED) is 0.730. The number of likely N-dealkylation sites (tertiary alicyclic amines) is 1. The summed E-state index contributed by atoms with van der Waals surface area (Å²) in [6.07, 6.45) is 2.14. The first-order valence-electron chi connectivity index (χ1n) is 9.95. The highest BCUT2D eigenvalue weighted by Crippen LogP contribution is 2.45. The Balaban J connectivity index is 1.68. The number of carbonyl (C=O) groups is 1. The predicted molar refractivity (Wildman–Crippen MR) is 114 cm³/mol. The molecule has 2 atom stereocenters. The predicted octanol–water partition coefficient (Wildman–Crippen LogP) is 4.66. The highest BCUT2D eigenvalue weighted by Gasteiger charge is 2.38. The van der Waals surface area contributed by atoms with Gasteiger partial charge < -0.3 is 15.0 Å². The molecule has 1 amide bonds. The summed E-state index contributed by atoms with van der Waals surface area (Å²) in [6, 6.07) is 9.95. The Morgan fingerprint density at radius 1 is 1.33 bits per heavy atom. The molecule has 0 spiro atoms. The number of benzene rings is 1. The zero-order valence-electron chi connectivity index (χ0n) is 17.2. The van der Waals surface area contributed by atoms with E-state index in [-0.39, 0.29) is 17.9 Å². The number of hydrogen-bond acceptors (Lipinski definition) is 5. The van der Waals surface area contributed by atoms with Crippen molar-refractivity contribution in [3.63, 3.8) is 0 Å². The molecule has 0 saturated carbocycles. The summed E-state index contributed by atoms with van der Waals surface area (Å²) >= 11 is 6.49. The number of carbonyl (C=O) groups excluding carboxylic acids is 1. The van der Waals surface area contributed by atoms with Crippen LogP contribution in [-0.4, -0.2) is 39.9 Å². The van der Waals surface area contributed by atoms with Crippen LogP contribution in [0.3, 0.4) is 0 Å². The molecular formula is C22H24ClN5O2. The first-order valence-corrected chi connectivity index (χ1v) is 10.3. The summed E-state index contributed by atoms with van der Waals surface area (Å²) in [6.45, 7) is 6.62. The molecule has 8 heteroatoms. The molecule has 2 aliphatic rings. The number of rotatable bonds is 2. The minimum atomic E-state index is -0.546. The van der Waals surface area contributed by atoms with E-state index in [2.05, 4.69) is 21.6 Å². The van der Waals surface area contributed by atoms with E-state index in [1.807, 2.05) is 45.0 Å². The summed E-state index contributed by atoms with van der Waals surface area (Å²) in [4.78, 5) is 14.2. The molecule has 1 saturated heterocycles. The summed E-state index contributed by atoms with van der Waals surface area (Å²) in [5.41, 5.74) is 2.61. The summed E-state index contributed by atoms with van der Waals surface area (Å²) in [7, 11) is 0. The van der Waals surface area contributed by atoms with Gasteiger partial charge in [-0.05, 0) is 38.8 Å². The second kappa shape index (κ2) is 7.69. The van der Waals surface area contributed by atoms with E-state index in [9.17, 15) is 10.1 Å². The molecule has 0 bridgehead atoms. The number of H-pyrrole nitrogens is 1. The molecule has 1 fully saturated rings. The highest BCUT2D eigenvalue weighted by molar-refractivity contribution is 6.31. The number of amides is 1. The summed E-state index contributed by atoms with van der Waals surface area (Å²) in [5, 5.41) is 21.2. The van der Waals surface area contributed by atoms with Crippen molar-refractivity contribution < 1.29 is 9.53 Å². The molecule has 1 aromatic heterocycles. The normalized spacial score (nSPS) is 21.1. The fourth-order valence-electron chi connectivity index (χ4n) is 4.09. The molecule has 7 nitrogen and oxygen atoms in total. The maximum atomic E-state index is 12.5. The van der Waals surface area contributed by atoms with Gasteiger partial charge in [-0.3, -0.25) is 5.10 Å². The molecule has 3 heterocycles. The van der Waals surface area contributed by atoms with Crippen molar-refractivity contribution in [2.45, 2.75) is 38.7 Å². The molecule has 0 aliphatic carbocycles. The van der Waals surface area contributed by atoms with Gasteiger partial charge in [-0.25, -0.2) is 4.79 Å². The molecule has 2 aliphatic heterocycles. The van der Waals surface area contributed by atoms with Crippen LogP contribution in [0.1, 0.15) is 44.2 Å². The van der Waals surface area contributed by atoms with E-state index in [4.69, 9.17) is 16.3 Å². The molecule has 4 rings (SSSR count). The van der Waals surface area contributed by atoms with Crippen molar-refractivity contribution in [3.8, 4) is 6.07 Å². The number of hydrogen-bond donors (Lipinski definition) is 2. The lowest BCUT2D eigenvalue weighted by Crippen LogP contribution is -2.35. The number of anilines is 1. The third-order valence-corrected chi connectivity index (χ3v) is 5.75. The van der Waals surface area contributed by atoms with Gasteiger partial charge in [0.2, 0.25) is 0 Å². The van der Waals surface area contributed by atoms with E-state index < -0.39 is 5.60 Å². The zero-order valence-corrected chi connectivity index (χ0v) is 18.0. The van der Waals surface area contributed by atoms with Gasteiger partial charge in [0.1, 0.15) is 11.4 Å². The number of aromatic nitrogens is 2. The van der Waals surface area contributed by atoms with Gasteiger partial charge in [-0.15, -0.1) is 0 Å². The van der Waals surface area contributed by atoms with E-state index in [1.165, 1.54) is 0 Å². The number of nitrogens with one attached hydrogen (secondary N) is 2. The van der Waals surface area contributed by atoms with Gasteiger partial charge >= 0.3 is 6.09 Å². The van der Waals surface area contributed by atoms with Crippen LogP contribution in [0.4, 0.5) is 10.6 Å². The van der Waals surface area contributed by atoms with Crippen LogP contribution in [0, 0.1) is 17.2 Å². The van der Waals surface area contributed by atoms with Gasteiger partial charge in [0, 0.05) is 35.3 Å². The van der Waals surface area contributed by atoms with Crippen LogP contribution in [0.15, 0.2) is 41.7 Å². The zero-order chi connectivity index (χ0) is 21.5. The van der Waals surface area contributed by atoms with Crippen molar-refractivity contribution in [2.24, 2.45) is 5.92 Å². The molecular weight excluding hydrogens is 402 g/mol. The number of aromatic amines is 1. The third kappa shape index (κ3) is 3.75. The molecule has 0 radical (unpaired) electrons. The van der Waals surface area contributed by atoms with Crippen LogP contribution in [0.25, 0.3) is 0 Å². The summed E-state index contributed by atoms with van der Waals surface area (Å²) < 4.78 is 5.51. The molecule has 156 valence electrons. The van der Waals surface area contributed by atoms with Crippen LogP contribution < -0.4 is 5.32 Å². The fourth-order valence-corrected chi connectivity index (χ4v) is 4.34. The average molecular weight is 426 g/mol. The van der Waals surface area contributed by atoms with Crippen LogP contribution in [-0.2, 0) is 4.74 Å². The van der Waals surface area contributed by atoms with Gasteiger partial charge in [-0.1, -0.05) is 29.8 Å². The first-order chi connectivity index (χ1) is 14.3. The Labute approximate surface area is 180 Å². The number of nitrogens with zero attached hydrogens (tertiary/aromatic N) is 3. The topological polar surface area (TPSA) is 94.0 Å². The molecule has 1 aromatic carbocycles. The lowest BCUT2D eigenvalue weighted by atomic mass is 9.81. The number of allylic oxidation sites excluding steroid dienone is 1. The minimum Gasteiger partial charge on any atom is -0.444 e. The lowest BCUT2D eigenvalue weighted by molar-refractivity contribution is 0.0290. The van der Waals surface area contributed by atoms with Crippen LogP contribution in [0.2, 0.25) is 5.02 Å². The molecule has 2 aromatic rings. The van der Waals surface area contributed by atoms with Crippen molar-refractivity contribution in [2.75, 3.05) is 18.4 Å². The summed E-state index contributed by atoms with van der Waals surface area (Å²) in [5.74, 6) is 0.433. The van der Waals surface area contributed by atoms with Gasteiger partial charge in [0.25, 0.3) is 0 Å². The number of ether oxygens (including phenoxy) is 1. The fraction of sp³-hybridized carbons (Fsp3) is 0.409. The smallest absolute Gasteiger partial charge is 0.410 e. The van der Waals surface area contributed by atoms with E-state index in [0.29, 0.717) is 23.7 Å². The standard InChI is InChI=1S/C22H24ClN5O2/c1-22(2,3)30-21(29)28-9-8-13(12-28)19-15(10-24)18(14-6-4-5-7-17(14)23)16-11-25-27-20(16)26-19/h4-7,11,13,18H,8-9,12H2,1-3H3,(H2,25,26,27). The maximum Gasteiger partial charge on any atom is 0.410 e. The number of nitriles is 1. The van der Waals surface area contributed by atoms with Gasteiger partial charge in [0.05, 0.1) is 23.8 Å². The molecule has 2 unspecified atom stereocenters. The Hall–Kier alpha value is -2.98. The van der Waals surface area contributed by atoms with Crippen molar-refractivity contribution in [3.05, 3.63) is 57.9 Å². The van der Waals surface area contributed by atoms with Crippen LogP contribution >= 0.6 is 11.6 Å². The molecule has 2 N–H and O–H groups in total. The average Bonchev–Trinajstić information content (AvgIpc) is 3.35. The lowest BCUT2D eigenvalue weighted by Gasteiger charge is -2.30. The highest BCUT2D eigenvalue weighted by atomic mass is 35.5. The van der Waals surface area contributed by atoms with E-state index >= 15 is 0 Å². The SMILES string of the molecule is CC(C)(C)OC(=O)N1CCC(C2=C(C#N)C(c3ccccc3Cl)c3cn[nH]c3N2)C1. The van der Waals surface area contributed by atoms with Gasteiger partial charge in [-0.2, -0.15) is 10.4 Å².